The Kier molecular flexibility index (Phi) is 4.16. The molecule has 2 rings (SSSR count). The van der Waals surface area contributed by atoms with Gasteiger partial charge in [0, 0.05) is 23.0 Å². The minimum atomic E-state index is -0.596. The number of anilines is 1. The Morgan fingerprint density at radius 2 is 2.26 bits per heavy atom. The van der Waals surface area contributed by atoms with Crippen molar-refractivity contribution in [2.45, 2.75) is 19.4 Å². The summed E-state index contributed by atoms with van der Waals surface area (Å²) in [5, 5.41) is 4.77. The molecule has 1 aromatic heterocycles. The molecule has 1 heterocycles. The summed E-state index contributed by atoms with van der Waals surface area (Å²) >= 11 is 1.64. The standard InChI is InChI=1S/C14H15FN2OS/c1-9(7-11-3-2-6-19-11)17-14(18)12-5-4-10(16)8-13(12)15/h2-6,8-9H,7,16H2,1H3,(H,17,18). The van der Waals surface area contributed by atoms with E-state index in [1.54, 1.807) is 11.3 Å². The average molecular weight is 278 g/mol. The first-order chi connectivity index (χ1) is 9.06. The number of benzene rings is 1. The molecule has 19 heavy (non-hydrogen) atoms. The molecule has 1 amide bonds. The highest BCUT2D eigenvalue weighted by molar-refractivity contribution is 7.09. The number of hydrogen-bond acceptors (Lipinski definition) is 3. The first kappa shape index (κ1) is 13.5. The highest BCUT2D eigenvalue weighted by Crippen LogP contribution is 2.14. The second-order valence-corrected chi connectivity index (χ2v) is 5.43. The minimum Gasteiger partial charge on any atom is -0.399 e. The van der Waals surface area contributed by atoms with Crippen LogP contribution in [0.1, 0.15) is 22.2 Å². The molecule has 0 aliphatic rings. The molecular formula is C14H15FN2OS. The molecule has 3 nitrogen and oxygen atoms in total. The number of amides is 1. The van der Waals surface area contributed by atoms with E-state index < -0.39 is 11.7 Å². The van der Waals surface area contributed by atoms with E-state index in [1.807, 2.05) is 24.4 Å². The Hall–Kier alpha value is -1.88. The van der Waals surface area contributed by atoms with Crippen molar-refractivity contribution >= 4 is 22.9 Å². The van der Waals surface area contributed by atoms with Gasteiger partial charge in [0.25, 0.3) is 5.91 Å². The third-order valence-electron chi connectivity index (χ3n) is 2.70. The lowest BCUT2D eigenvalue weighted by molar-refractivity contribution is 0.0936. The summed E-state index contributed by atoms with van der Waals surface area (Å²) in [6, 6.07) is 7.99. The Balaban J connectivity index is 2.00. The summed E-state index contributed by atoms with van der Waals surface area (Å²) in [5.41, 5.74) is 5.78. The lowest BCUT2D eigenvalue weighted by Crippen LogP contribution is -2.34. The van der Waals surface area contributed by atoms with Crippen LogP contribution >= 0.6 is 11.3 Å². The molecule has 0 saturated heterocycles. The summed E-state index contributed by atoms with van der Waals surface area (Å²) in [6.45, 7) is 1.90. The predicted molar refractivity (Wildman–Crippen MR) is 75.8 cm³/mol. The fourth-order valence-electron chi connectivity index (χ4n) is 1.80. The summed E-state index contributed by atoms with van der Waals surface area (Å²) in [7, 11) is 0. The topological polar surface area (TPSA) is 55.1 Å². The molecule has 3 N–H and O–H groups in total. The SMILES string of the molecule is CC(Cc1cccs1)NC(=O)c1ccc(N)cc1F. The molecule has 0 saturated carbocycles. The number of thiophene rings is 1. The van der Waals surface area contributed by atoms with Gasteiger partial charge in [-0.15, -0.1) is 11.3 Å². The summed E-state index contributed by atoms with van der Waals surface area (Å²) in [6.07, 6.45) is 0.736. The van der Waals surface area contributed by atoms with Crippen molar-refractivity contribution in [3.8, 4) is 0 Å². The number of nitrogens with one attached hydrogen (secondary N) is 1. The quantitative estimate of drug-likeness (QED) is 0.845. The molecule has 1 aromatic carbocycles. The zero-order chi connectivity index (χ0) is 13.8. The molecule has 5 heteroatoms. The molecule has 0 bridgehead atoms. The lowest BCUT2D eigenvalue weighted by atomic mass is 10.1. The van der Waals surface area contributed by atoms with E-state index in [1.165, 1.54) is 17.0 Å². The highest BCUT2D eigenvalue weighted by atomic mass is 32.1. The first-order valence-corrected chi connectivity index (χ1v) is 6.82. The zero-order valence-corrected chi connectivity index (χ0v) is 11.3. The van der Waals surface area contributed by atoms with Crippen molar-refractivity contribution in [2.75, 3.05) is 5.73 Å². The van der Waals surface area contributed by atoms with Gasteiger partial charge in [-0.25, -0.2) is 4.39 Å². The van der Waals surface area contributed by atoms with Gasteiger partial charge in [-0.1, -0.05) is 6.07 Å². The van der Waals surface area contributed by atoms with E-state index in [9.17, 15) is 9.18 Å². The van der Waals surface area contributed by atoms with Crippen molar-refractivity contribution in [2.24, 2.45) is 0 Å². The summed E-state index contributed by atoms with van der Waals surface area (Å²) in [4.78, 5) is 13.1. The number of hydrogen-bond donors (Lipinski definition) is 2. The Bertz CT molecular complexity index is 569. The number of halogens is 1. The number of carbonyl (C=O) groups excluding carboxylic acids is 1. The van der Waals surface area contributed by atoms with Crippen LogP contribution in [0, 0.1) is 5.82 Å². The maximum atomic E-state index is 13.6. The molecule has 0 radical (unpaired) electrons. The van der Waals surface area contributed by atoms with Gasteiger partial charge in [0.05, 0.1) is 5.56 Å². The van der Waals surface area contributed by atoms with Gasteiger partial charge in [-0.3, -0.25) is 4.79 Å². The van der Waals surface area contributed by atoms with Gasteiger partial charge in [-0.05, 0) is 36.6 Å². The maximum Gasteiger partial charge on any atom is 0.254 e. The number of nitrogens with two attached hydrogens (primary N) is 1. The van der Waals surface area contributed by atoms with Crippen LogP contribution in [0.15, 0.2) is 35.7 Å². The largest absolute Gasteiger partial charge is 0.399 e. The van der Waals surface area contributed by atoms with Crippen molar-refractivity contribution in [1.29, 1.82) is 0 Å². The molecule has 0 aliphatic heterocycles. The maximum absolute atomic E-state index is 13.6. The summed E-state index contributed by atoms with van der Waals surface area (Å²) in [5.74, 6) is -1.01. The highest BCUT2D eigenvalue weighted by Gasteiger charge is 2.14. The minimum absolute atomic E-state index is 0.0206. The number of nitrogen functional groups attached to an aromatic ring is 1. The fourth-order valence-corrected chi connectivity index (χ4v) is 2.63. The summed E-state index contributed by atoms with van der Waals surface area (Å²) < 4.78 is 13.6. The zero-order valence-electron chi connectivity index (χ0n) is 10.5. The van der Waals surface area contributed by atoms with Gasteiger partial charge >= 0.3 is 0 Å². The van der Waals surface area contributed by atoms with Gasteiger partial charge < -0.3 is 11.1 Å². The van der Waals surface area contributed by atoms with Gasteiger partial charge in [0.15, 0.2) is 0 Å². The fraction of sp³-hybridized carbons (Fsp3) is 0.214. The first-order valence-electron chi connectivity index (χ1n) is 5.94. The predicted octanol–water partition coefficient (Wildman–Crippen LogP) is 2.83. The van der Waals surface area contributed by atoms with Crippen molar-refractivity contribution in [3.05, 3.63) is 52.0 Å². The van der Waals surface area contributed by atoms with E-state index in [0.717, 1.165) is 12.5 Å². The van der Waals surface area contributed by atoms with Gasteiger partial charge in [0.2, 0.25) is 0 Å². The number of rotatable bonds is 4. The van der Waals surface area contributed by atoms with Crippen LogP contribution in [0.3, 0.4) is 0 Å². The van der Waals surface area contributed by atoms with Crippen molar-refractivity contribution in [1.82, 2.24) is 5.32 Å². The van der Waals surface area contributed by atoms with Crippen LogP contribution in [0.5, 0.6) is 0 Å². The van der Waals surface area contributed by atoms with Crippen LogP contribution in [-0.4, -0.2) is 11.9 Å². The van der Waals surface area contributed by atoms with Gasteiger partial charge in [-0.2, -0.15) is 0 Å². The lowest BCUT2D eigenvalue weighted by Gasteiger charge is -2.13. The third kappa shape index (κ3) is 3.54. The van der Waals surface area contributed by atoms with E-state index in [0.29, 0.717) is 5.69 Å². The van der Waals surface area contributed by atoms with E-state index in [2.05, 4.69) is 5.32 Å². The van der Waals surface area contributed by atoms with Crippen LogP contribution in [0.25, 0.3) is 0 Å². The molecule has 100 valence electrons. The Morgan fingerprint density at radius 1 is 1.47 bits per heavy atom. The molecule has 0 fully saturated rings. The Labute approximate surface area is 115 Å². The molecule has 2 aromatic rings. The van der Waals surface area contributed by atoms with Crippen LogP contribution < -0.4 is 11.1 Å². The monoisotopic (exact) mass is 278 g/mol. The Morgan fingerprint density at radius 3 is 2.89 bits per heavy atom. The van der Waals surface area contributed by atoms with Crippen molar-refractivity contribution < 1.29 is 9.18 Å². The molecule has 1 atom stereocenters. The normalized spacial score (nSPS) is 12.1. The third-order valence-corrected chi connectivity index (χ3v) is 3.60. The smallest absolute Gasteiger partial charge is 0.254 e. The van der Waals surface area contributed by atoms with Crippen molar-refractivity contribution in [3.63, 3.8) is 0 Å². The van der Waals surface area contributed by atoms with E-state index in [-0.39, 0.29) is 11.6 Å². The van der Waals surface area contributed by atoms with Crippen LogP contribution in [0.2, 0.25) is 0 Å². The molecule has 1 unspecified atom stereocenters. The van der Waals surface area contributed by atoms with E-state index >= 15 is 0 Å². The van der Waals surface area contributed by atoms with Crippen LogP contribution in [0.4, 0.5) is 10.1 Å². The molecule has 0 spiro atoms. The second kappa shape index (κ2) is 5.84. The van der Waals surface area contributed by atoms with Gasteiger partial charge in [0.1, 0.15) is 5.82 Å². The molecular weight excluding hydrogens is 263 g/mol. The second-order valence-electron chi connectivity index (χ2n) is 4.40. The van der Waals surface area contributed by atoms with E-state index in [4.69, 9.17) is 5.73 Å². The average Bonchev–Trinajstić information content (AvgIpc) is 2.81. The van der Waals surface area contributed by atoms with Crippen LogP contribution in [-0.2, 0) is 6.42 Å². The number of carbonyl (C=O) groups is 1. The molecule has 0 aliphatic carbocycles.